The number of fused-ring (bicyclic) bond motifs is 1. The van der Waals surface area contributed by atoms with Crippen LogP contribution in [0.25, 0.3) is 10.9 Å². The van der Waals surface area contributed by atoms with E-state index < -0.39 is 0 Å². The van der Waals surface area contributed by atoms with Crippen molar-refractivity contribution in [1.29, 1.82) is 0 Å². The van der Waals surface area contributed by atoms with E-state index in [0.717, 1.165) is 10.0 Å². The molecular formula is C26H22BrClN4O3. The van der Waals surface area contributed by atoms with E-state index in [9.17, 15) is 9.59 Å². The van der Waals surface area contributed by atoms with E-state index >= 15 is 0 Å². The second kappa shape index (κ2) is 10.8. The molecule has 0 atom stereocenters. The van der Waals surface area contributed by atoms with E-state index in [1.54, 1.807) is 30.3 Å². The number of aryl methyl sites for hydroxylation is 2. The highest BCUT2D eigenvalue weighted by molar-refractivity contribution is 9.10. The molecule has 0 fully saturated rings. The fourth-order valence-corrected chi connectivity index (χ4v) is 3.96. The summed E-state index contributed by atoms with van der Waals surface area (Å²) in [5, 5.41) is 7.93. The van der Waals surface area contributed by atoms with Crippen LogP contribution >= 0.6 is 27.5 Å². The molecule has 1 N–H and O–H groups in total. The first kappa shape index (κ1) is 24.6. The van der Waals surface area contributed by atoms with Gasteiger partial charge in [0.25, 0.3) is 11.5 Å². The van der Waals surface area contributed by atoms with Crippen LogP contribution in [-0.4, -0.2) is 28.4 Å². The molecule has 3 aromatic carbocycles. The molecule has 0 aliphatic rings. The first-order valence-corrected chi connectivity index (χ1v) is 12.1. The van der Waals surface area contributed by atoms with Gasteiger partial charge < -0.3 is 10.1 Å². The number of nitrogens with one attached hydrogen (secondary N) is 1. The van der Waals surface area contributed by atoms with Gasteiger partial charge in [-0.3, -0.25) is 9.59 Å². The molecule has 0 saturated heterocycles. The quantitative estimate of drug-likeness (QED) is 0.303. The minimum atomic E-state index is -0.294. The van der Waals surface area contributed by atoms with Crippen LogP contribution in [-0.2, 0) is 11.2 Å². The lowest BCUT2D eigenvalue weighted by Crippen LogP contribution is -2.22. The molecule has 0 aliphatic heterocycles. The van der Waals surface area contributed by atoms with Crippen molar-refractivity contribution < 1.29 is 9.53 Å². The Kier molecular flexibility index (Phi) is 7.63. The van der Waals surface area contributed by atoms with Crippen LogP contribution in [0.1, 0.15) is 23.9 Å². The van der Waals surface area contributed by atoms with Gasteiger partial charge in [0.05, 0.1) is 22.1 Å². The molecule has 35 heavy (non-hydrogen) atoms. The molecule has 1 amide bonds. The SMILES string of the molecule is CCc1nc2ccc(Br)cc2c(=O)n1N=Cc1ccc(OCC(=O)Nc2ccc(C)cc2)c(Cl)c1. The molecule has 4 aromatic rings. The predicted molar refractivity (Wildman–Crippen MR) is 143 cm³/mol. The molecule has 0 radical (unpaired) electrons. The van der Waals surface area contributed by atoms with E-state index in [1.165, 1.54) is 10.9 Å². The number of hydrogen-bond acceptors (Lipinski definition) is 5. The van der Waals surface area contributed by atoms with Crippen LogP contribution in [0.3, 0.4) is 0 Å². The Morgan fingerprint density at radius 2 is 1.94 bits per heavy atom. The van der Waals surface area contributed by atoms with Crippen LogP contribution in [0.4, 0.5) is 5.69 Å². The normalized spacial score (nSPS) is 11.2. The lowest BCUT2D eigenvalue weighted by atomic mass is 10.2. The summed E-state index contributed by atoms with van der Waals surface area (Å²) in [4.78, 5) is 29.7. The molecular weight excluding hydrogens is 532 g/mol. The van der Waals surface area contributed by atoms with Gasteiger partial charge in [-0.2, -0.15) is 9.78 Å². The summed E-state index contributed by atoms with van der Waals surface area (Å²) in [5.41, 5.74) is 2.83. The van der Waals surface area contributed by atoms with Gasteiger partial charge in [0.15, 0.2) is 6.61 Å². The summed E-state index contributed by atoms with van der Waals surface area (Å²) in [6, 6.07) is 17.9. The zero-order valence-corrected chi connectivity index (χ0v) is 21.4. The van der Waals surface area contributed by atoms with E-state index in [1.807, 2.05) is 44.2 Å². The first-order chi connectivity index (χ1) is 16.8. The molecule has 0 spiro atoms. The van der Waals surface area contributed by atoms with Gasteiger partial charge in [0, 0.05) is 16.6 Å². The third-order valence-corrected chi connectivity index (χ3v) is 5.95. The van der Waals surface area contributed by atoms with Crippen molar-refractivity contribution in [2.45, 2.75) is 20.3 Å². The summed E-state index contributed by atoms with van der Waals surface area (Å²) < 4.78 is 7.65. The standard InChI is InChI=1S/C26H22BrClN4O3/c1-3-24-31-22-10-7-18(27)13-20(22)26(34)32(24)29-14-17-6-11-23(21(28)12-17)35-15-25(33)30-19-8-4-16(2)5-9-19/h4-14H,3,15H2,1-2H3,(H,30,33). The molecule has 1 aromatic heterocycles. The molecule has 0 aliphatic carbocycles. The number of ether oxygens (including phenoxy) is 1. The first-order valence-electron chi connectivity index (χ1n) is 10.9. The third-order valence-electron chi connectivity index (χ3n) is 5.16. The van der Waals surface area contributed by atoms with E-state index in [2.05, 4.69) is 31.3 Å². The number of nitrogens with zero attached hydrogens (tertiary/aromatic N) is 3. The highest BCUT2D eigenvalue weighted by Crippen LogP contribution is 2.25. The highest BCUT2D eigenvalue weighted by Gasteiger charge is 2.10. The third kappa shape index (κ3) is 5.96. The summed E-state index contributed by atoms with van der Waals surface area (Å²) in [7, 11) is 0. The zero-order valence-electron chi connectivity index (χ0n) is 19.1. The van der Waals surface area contributed by atoms with E-state index in [0.29, 0.717) is 45.2 Å². The monoisotopic (exact) mass is 552 g/mol. The Balaban J connectivity index is 1.48. The van der Waals surface area contributed by atoms with Crippen LogP contribution in [0, 0.1) is 6.92 Å². The Morgan fingerprint density at radius 3 is 2.66 bits per heavy atom. The number of benzene rings is 3. The second-order valence-electron chi connectivity index (χ2n) is 7.80. The minimum absolute atomic E-state index is 0.186. The number of aromatic nitrogens is 2. The lowest BCUT2D eigenvalue weighted by molar-refractivity contribution is -0.118. The fraction of sp³-hybridized carbons (Fsp3) is 0.154. The maximum absolute atomic E-state index is 13.0. The number of halogens is 2. The molecule has 0 unspecified atom stereocenters. The fourth-order valence-electron chi connectivity index (χ4n) is 3.36. The molecule has 1 heterocycles. The summed E-state index contributed by atoms with van der Waals surface area (Å²) >= 11 is 9.74. The van der Waals surface area contributed by atoms with Gasteiger partial charge in [-0.1, -0.05) is 52.2 Å². The smallest absolute Gasteiger partial charge is 0.282 e. The van der Waals surface area contributed by atoms with Gasteiger partial charge in [0.1, 0.15) is 11.6 Å². The maximum Gasteiger partial charge on any atom is 0.282 e. The van der Waals surface area contributed by atoms with E-state index in [-0.39, 0.29) is 18.1 Å². The molecule has 9 heteroatoms. The van der Waals surface area contributed by atoms with Crippen LogP contribution in [0.2, 0.25) is 5.02 Å². The predicted octanol–water partition coefficient (Wildman–Crippen LogP) is 5.58. The maximum atomic E-state index is 13.0. The van der Waals surface area contributed by atoms with Crippen molar-refractivity contribution in [2.24, 2.45) is 5.10 Å². The van der Waals surface area contributed by atoms with Gasteiger partial charge in [-0.25, -0.2) is 4.98 Å². The van der Waals surface area contributed by atoms with Crippen molar-refractivity contribution >= 4 is 56.2 Å². The largest absolute Gasteiger partial charge is 0.482 e. The van der Waals surface area contributed by atoms with Crippen molar-refractivity contribution in [3.05, 3.63) is 97.5 Å². The molecule has 178 valence electrons. The van der Waals surface area contributed by atoms with Crippen molar-refractivity contribution in [2.75, 3.05) is 11.9 Å². The van der Waals surface area contributed by atoms with Crippen LogP contribution in [0.15, 0.2) is 75.0 Å². The topological polar surface area (TPSA) is 85.6 Å². The van der Waals surface area contributed by atoms with Crippen molar-refractivity contribution in [3.63, 3.8) is 0 Å². The second-order valence-corrected chi connectivity index (χ2v) is 9.12. The number of hydrogen-bond donors (Lipinski definition) is 1. The summed E-state index contributed by atoms with van der Waals surface area (Å²) in [6.07, 6.45) is 2.07. The van der Waals surface area contributed by atoms with Crippen molar-refractivity contribution in [3.8, 4) is 5.75 Å². The number of carbonyl (C=O) groups is 1. The Bertz CT molecular complexity index is 1480. The number of carbonyl (C=O) groups excluding carboxylic acids is 1. The summed E-state index contributed by atoms with van der Waals surface area (Å²) in [5.74, 6) is 0.621. The van der Waals surface area contributed by atoms with E-state index in [4.69, 9.17) is 16.3 Å². The molecule has 0 saturated carbocycles. The Hall–Kier alpha value is -3.49. The number of amides is 1. The van der Waals surface area contributed by atoms with Crippen molar-refractivity contribution in [1.82, 2.24) is 9.66 Å². The van der Waals surface area contributed by atoms with Gasteiger partial charge in [0.2, 0.25) is 0 Å². The molecule has 0 bridgehead atoms. The molecule has 4 rings (SSSR count). The lowest BCUT2D eigenvalue weighted by Gasteiger charge is -2.10. The minimum Gasteiger partial charge on any atom is -0.482 e. The number of anilines is 1. The Labute approximate surface area is 215 Å². The van der Waals surface area contributed by atoms with Gasteiger partial charge >= 0.3 is 0 Å². The highest BCUT2D eigenvalue weighted by atomic mass is 79.9. The molecule has 7 nitrogen and oxygen atoms in total. The van der Waals surface area contributed by atoms with Crippen LogP contribution in [0.5, 0.6) is 5.75 Å². The zero-order chi connectivity index (χ0) is 24.9. The van der Waals surface area contributed by atoms with Gasteiger partial charge in [-0.05, 0) is 61.0 Å². The average Bonchev–Trinajstić information content (AvgIpc) is 2.84. The Morgan fingerprint density at radius 1 is 1.17 bits per heavy atom. The summed E-state index contributed by atoms with van der Waals surface area (Å²) in [6.45, 7) is 3.70. The number of rotatable bonds is 7. The van der Waals surface area contributed by atoms with Crippen LogP contribution < -0.4 is 15.6 Å². The van der Waals surface area contributed by atoms with Gasteiger partial charge in [-0.15, -0.1) is 0 Å². The average molecular weight is 554 g/mol.